The third-order valence-corrected chi connectivity index (χ3v) is 6.01. The van der Waals surface area contributed by atoms with E-state index in [0.29, 0.717) is 24.9 Å². The number of aromatic nitrogens is 2. The zero-order valence-corrected chi connectivity index (χ0v) is 16.2. The Hall–Kier alpha value is -2.64. The van der Waals surface area contributed by atoms with Crippen LogP contribution in [0.3, 0.4) is 0 Å². The van der Waals surface area contributed by atoms with Gasteiger partial charge >= 0.3 is 0 Å². The van der Waals surface area contributed by atoms with Crippen LogP contribution in [0.5, 0.6) is 5.75 Å². The molecular weight excluding hydrogens is 362 g/mol. The van der Waals surface area contributed by atoms with Gasteiger partial charge < -0.3 is 10.1 Å². The molecule has 6 nitrogen and oxygen atoms in total. The van der Waals surface area contributed by atoms with Gasteiger partial charge in [-0.25, -0.2) is 18.1 Å². The molecule has 3 N–H and O–H groups in total. The number of nitrogens with one attached hydrogen (secondary N) is 2. The van der Waals surface area contributed by atoms with E-state index in [2.05, 4.69) is 14.7 Å². The molecule has 27 heavy (non-hydrogen) atoms. The van der Waals surface area contributed by atoms with Crippen LogP contribution < -0.4 is 4.72 Å². The molecule has 2 aromatic carbocycles. The van der Waals surface area contributed by atoms with E-state index in [4.69, 9.17) is 0 Å². The second kappa shape index (κ2) is 7.94. The Morgan fingerprint density at radius 1 is 1.15 bits per heavy atom. The molecule has 0 aliphatic rings. The lowest BCUT2D eigenvalue weighted by atomic mass is 9.98. The maximum Gasteiger partial charge on any atom is 0.240 e. The first-order chi connectivity index (χ1) is 12.9. The minimum atomic E-state index is -3.59. The van der Waals surface area contributed by atoms with Crippen molar-refractivity contribution in [2.45, 2.75) is 31.6 Å². The van der Waals surface area contributed by atoms with Gasteiger partial charge in [-0.3, -0.25) is 0 Å². The van der Waals surface area contributed by atoms with Crippen LogP contribution in [-0.4, -0.2) is 30.0 Å². The Morgan fingerprint density at radius 2 is 1.96 bits per heavy atom. The number of H-pyrrole nitrogens is 1. The molecule has 142 valence electrons. The van der Waals surface area contributed by atoms with Gasteiger partial charge in [0, 0.05) is 25.4 Å². The number of aryl methyl sites for hydroxylation is 3. The fraction of sp³-hybridized carbons (Fsp3) is 0.250. The average Bonchev–Trinajstić information content (AvgIpc) is 3.14. The smallest absolute Gasteiger partial charge is 0.240 e. The molecule has 1 aromatic heterocycles. The first-order valence-corrected chi connectivity index (χ1v) is 10.2. The van der Waals surface area contributed by atoms with Crippen molar-refractivity contribution in [2.24, 2.45) is 0 Å². The highest BCUT2D eigenvalue weighted by Crippen LogP contribution is 2.30. The highest BCUT2D eigenvalue weighted by Gasteiger charge is 2.18. The predicted octanol–water partition coefficient (Wildman–Crippen LogP) is 3.31. The molecule has 0 unspecified atom stereocenters. The molecule has 0 fully saturated rings. The van der Waals surface area contributed by atoms with Crippen LogP contribution in [0.15, 0.2) is 53.7 Å². The van der Waals surface area contributed by atoms with Crippen molar-refractivity contribution in [3.05, 3.63) is 65.7 Å². The van der Waals surface area contributed by atoms with E-state index in [1.165, 1.54) is 0 Å². The summed E-state index contributed by atoms with van der Waals surface area (Å²) < 4.78 is 28.1. The van der Waals surface area contributed by atoms with Gasteiger partial charge in [-0.2, -0.15) is 0 Å². The first-order valence-electron chi connectivity index (χ1n) is 8.75. The second-order valence-electron chi connectivity index (χ2n) is 6.52. The molecule has 0 atom stereocenters. The van der Waals surface area contributed by atoms with E-state index in [1.54, 1.807) is 43.6 Å². The van der Waals surface area contributed by atoms with Gasteiger partial charge in [-0.05, 0) is 66.8 Å². The molecule has 0 aliphatic carbocycles. The zero-order valence-electron chi connectivity index (χ0n) is 15.4. The third kappa shape index (κ3) is 4.56. The summed E-state index contributed by atoms with van der Waals surface area (Å²) >= 11 is 0. The summed E-state index contributed by atoms with van der Waals surface area (Å²) in [5.41, 5.74) is 3.26. The van der Waals surface area contributed by atoms with Gasteiger partial charge in [0.05, 0.1) is 4.90 Å². The van der Waals surface area contributed by atoms with E-state index in [1.807, 2.05) is 19.1 Å². The minimum Gasteiger partial charge on any atom is -0.508 e. The minimum absolute atomic E-state index is 0.180. The number of phenols is 1. The fourth-order valence-electron chi connectivity index (χ4n) is 3.04. The van der Waals surface area contributed by atoms with E-state index < -0.39 is 10.0 Å². The van der Waals surface area contributed by atoms with Crippen LogP contribution in [0.2, 0.25) is 0 Å². The summed E-state index contributed by atoms with van der Waals surface area (Å²) in [5, 5.41) is 9.69. The van der Waals surface area contributed by atoms with Crippen molar-refractivity contribution in [1.82, 2.24) is 14.7 Å². The van der Waals surface area contributed by atoms with Crippen LogP contribution in [0, 0.1) is 13.8 Å². The molecule has 7 heteroatoms. The highest BCUT2D eigenvalue weighted by molar-refractivity contribution is 7.89. The van der Waals surface area contributed by atoms with Crippen molar-refractivity contribution >= 4 is 10.0 Å². The lowest BCUT2D eigenvalue weighted by molar-refractivity contribution is 0.475. The lowest BCUT2D eigenvalue weighted by Gasteiger charge is -2.14. The molecule has 0 spiro atoms. The third-order valence-electron chi connectivity index (χ3n) is 4.41. The maximum absolute atomic E-state index is 12.7. The molecule has 3 rings (SSSR count). The van der Waals surface area contributed by atoms with Gasteiger partial charge in [-0.15, -0.1) is 0 Å². The molecule has 0 saturated carbocycles. The zero-order chi connectivity index (χ0) is 19.4. The van der Waals surface area contributed by atoms with Crippen LogP contribution in [0.25, 0.3) is 11.1 Å². The highest BCUT2D eigenvalue weighted by atomic mass is 32.2. The average molecular weight is 385 g/mol. The quantitative estimate of drug-likeness (QED) is 0.544. The largest absolute Gasteiger partial charge is 0.508 e. The Balaban J connectivity index is 1.76. The van der Waals surface area contributed by atoms with Gasteiger partial charge in [0.15, 0.2) is 0 Å². The number of phenolic OH excluding ortho intramolecular Hbond substituents is 1. The number of aromatic amines is 1. The van der Waals surface area contributed by atoms with Crippen LogP contribution in [0.4, 0.5) is 0 Å². The van der Waals surface area contributed by atoms with Gasteiger partial charge in [0.1, 0.15) is 11.6 Å². The molecule has 0 amide bonds. The lowest BCUT2D eigenvalue weighted by Crippen LogP contribution is -2.26. The molecule has 0 bridgehead atoms. The first kappa shape index (κ1) is 19.1. The Labute approximate surface area is 159 Å². The molecule has 0 radical (unpaired) electrons. The van der Waals surface area contributed by atoms with Crippen molar-refractivity contribution in [2.75, 3.05) is 6.54 Å². The van der Waals surface area contributed by atoms with Gasteiger partial charge in [0.2, 0.25) is 10.0 Å². The number of benzene rings is 2. The van der Waals surface area contributed by atoms with E-state index >= 15 is 0 Å². The number of sulfonamides is 1. The monoisotopic (exact) mass is 385 g/mol. The Bertz CT molecular complexity index is 1030. The normalized spacial score (nSPS) is 11.6. The Kier molecular flexibility index (Phi) is 5.62. The number of rotatable bonds is 7. The van der Waals surface area contributed by atoms with Crippen LogP contribution >= 0.6 is 0 Å². The van der Waals surface area contributed by atoms with Crippen molar-refractivity contribution < 1.29 is 13.5 Å². The molecule has 0 aliphatic heterocycles. The van der Waals surface area contributed by atoms with Crippen molar-refractivity contribution in [1.29, 1.82) is 0 Å². The van der Waals surface area contributed by atoms with Gasteiger partial charge in [-0.1, -0.05) is 12.1 Å². The van der Waals surface area contributed by atoms with Gasteiger partial charge in [0.25, 0.3) is 0 Å². The second-order valence-corrected chi connectivity index (χ2v) is 8.26. The van der Waals surface area contributed by atoms with E-state index in [9.17, 15) is 13.5 Å². The number of nitrogens with zero attached hydrogens (tertiary/aromatic N) is 1. The topological polar surface area (TPSA) is 95.1 Å². The van der Waals surface area contributed by atoms with Crippen molar-refractivity contribution in [3.63, 3.8) is 0 Å². The predicted molar refractivity (Wildman–Crippen MR) is 105 cm³/mol. The summed E-state index contributed by atoms with van der Waals surface area (Å²) in [4.78, 5) is 7.41. The number of hydrogen-bond donors (Lipinski definition) is 3. The number of imidazole rings is 1. The standard InChI is InChI=1S/C20H23N3O3S/c1-14-12-19(15(2)11-18(14)16-5-3-6-17(24)13-16)27(25,26)23-8-4-7-20-21-9-10-22-20/h3,5-6,9-13,23-24H,4,7-8H2,1-2H3,(H,21,22). The summed E-state index contributed by atoms with van der Waals surface area (Å²) in [6.45, 7) is 3.99. The summed E-state index contributed by atoms with van der Waals surface area (Å²) in [6, 6.07) is 10.5. The Morgan fingerprint density at radius 3 is 2.67 bits per heavy atom. The van der Waals surface area contributed by atoms with E-state index in [0.717, 1.165) is 22.5 Å². The fourth-order valence-corrected chi connectivity index (χ4v) is 4.42. The van der Waals surface area contributed by atoms with Crippen LogP contribution in [-0.2, 0) is 16.4 Å². The summed E-state index contributed by atoms with van der Waals surface area (Å²) in [5.74, 6) is 1.02. The number of hydrogen-bond acceptors (Lipinski definition) is 4. The SMILES string of the molecule is Cc1cc(S(=O)(=O)NCCCc2ncc[nH]2)c(C)cc1-c1cccc(O)c1. The molecule has 0 saturated heterocycles. The summed E-state index contributed by atoms with van der Waals surface area (Å²) in [6.07, 6.45) is 4.77. The van der Waals surface area contributed by atoms with Crippen molar-refractivity contribution in [3.8, 4) is 16.9 Å². The maximum atomic E-state index is 12.7. The molecule has 1 heterocycles. The van der Waals surface area contributed by atoms with Crippen LogP contribution in [0.1, 0.15) is 23.4 Å². The summed E-state index contributed by atoms with van der Waals surface area (Å²) in [7, 11) is -3.59. The van der Waals surface area contributed by atoms with E-state index in [-0.39, 0.29) is 10.6 Å². The molecule has 3 aromatic rings. The number of aromatic hydroxyl groups is 1. The molecular formula is C20H23N3O3S.